The molecule has 0 N–H and O–H groups in total. The smallest absolute Gasteiger partial charge is 0.309 e. The fourth-order valence-electron chi connectivity index (χ4n) is 9.28. The maximum Gasteiger partial charge on any atom is 0.309 e. The van der Waals surface area contributed by atoms with E-state index in [0.717, 1.165) is 122 Å². The standard InChI is InChI=1S/C77H126O6/c1-4-7-10-13-16-19-22-25-28-30-32-34-36-38-40-42-44-46-49-52-55-58-61-64-67-70-76(79)82-73-74(72-81-75(78)69-66-63-60-57-54-51-48-27-24-21-18-15-12-9-6-3)83-77(80)71-68-65-62-59-56-53-50-47-45-43-41-39-37-35-33-31-29-26-23-20-17-14-11-8-5-2/h7,9-10,12,16,18-19,21,25,27-28,31-34,38,40,44,46,48,54,57,63,66,74H,4-6,8,11,13-15,17,20,22-24,26,29-30,35-37,39,41-43,45,47,49-53,55-56,58-62,64-65,67-73H2,1-3H3/b10-7-,12-9-,19-16-,21-18-,28-25-,33-31-,34-32-,40-38-,46-44-,48-27-,57-54-,66-63-. The molecule has 0 amide bonds. The molecule has 0 fully saturated rings. The van der Waals surface area contributed by atoms with E-state index in [2.05, 4.69) is 154 Å². The number of ether oxygens (including phenoxy) is 3. The summed E-state index contributed by atoms with van der Waals surface area (Å²) in [6.07, 6.45) is 100. The minimum atomic E-state index is -0.832. The van der Waals surface area contributed by atoms with Crippen molar-refractivity contribution in [2.75, 3.05) is 13.2 Å². The third-order valence-corrected chi connectivity index (χ3v) is 14.3. The van der Waals surface area contributed by atoms with Crippen LogP contribution in [-0.4, -0.2) is 37.2 Å². The molecule has 0 aromatic rings. The van der Waals surface area contributed by atoms with Gasteiger partial charge >= 0.3 is 17.9 Å². The minimum absolute atomic E-state index is 0.119. The number of carbonyl (C=O) groups excluding carboxylic acids is 3. The van der Waals surface area contributed by atoms with Crippen LogP contribution in [0, 0.1) is 0 Å². The molecule has 1 atom stereocenters. The van der Waals surface area contributed by atoms with Crippen LogP contribution in [0.3, 0.4) is 0 Å². The first-order chi connectivity index (χ1) is 41.0. The topological polar surface area (TPSA) is 78.9 Å². The highest BCUT2D eigenvalue weighted by Gasteiger charge is 2.19. The van der Waals surface area contributed by atoms with Gasteiger partial charge in [0, 0.05) is 12.8 Å². The number of unbranched alkanes of at least 4 members (excludes halogenated alkanes) is 27. The van der Waals surface area contributed by atoms with Gasteiger partial charge in [0.05, 0.1) is 6.42 Å². The first-order valence-corrected chi connectivity index (χ1v) is 34.3. The molecule has 0 aliphatic heterocycles. The maximum absolute atomic E-state index is 13.0. The normalized spacial score (nSPS) is 13.0. The third kappa shape index (κ3) is 68.0. The van der Waals surface area contributed by atoms with Crippen molar-refractivity contribution >= 4 is 17.9 Å². The molecular formula is C77H126O6. The van der Waals surface area contributed by atoms with E-state index < -0.39 is 12.1 Å². The quantitative estimate of drug-likeness (QED) is 0.0261. The van der Waals surface area contributed by atoms with E-state index in [0.29, 0.717) is 12.8 Å². The molecule has 0 spiro atoms. The van der Waals surface area contributed by atoms with Crippen molar-refractivity contribution in [3.8, 4) is 0 Å². The zero-order valence-electron chi connectivity index (χ0n) is 53.9. The van der Waals surface area contributed by atoms with Gasteiger partial charge in [-0.3, -0.25) is 14.4 Å². The SMILES string of the molecule is CC/C=C\C/C=C\C/C=C\C/C=C\C/C=C\C/C=C\CCCCCCCCC(=O)OCC(COC(=O)C/C=C\C/C=C\C/C=C\C/C=C\C/C=C\CC)OC(=O)CCCCCCCCCCCCCCC/C=C\CCCCCCCCCC. The van der Waals surface area contributed by atoms with Gasteiger partial charge in [-0.2, -0.15) is 0 Å². The Morgan fingerprint density at radius 2 is 0.518 bits per heavy atom. The Morgan fingerprint density at radius 1 is 0.265 bits per heavy atom. The second-order valence-electron chi connectivity index (χ2n) is 22.3. The second-order valence-corrected chi connectivity index (χ2v) is 22.3. The Kier molecular flexibility index (Phi) is 65.8. The lowest BCUT2D eigenvalue weighted by atomic mass is 10.0. The highest BCUT2D eigenvalue weighted by Crippen LogP contribution is 2.16. The van der Waals surface area contributed by atoms with Crippen LogP contribution in [0.5, 0.6) is 0 Å². The molecule has 1 unspecified atom stereocenters. The molecule has 0 aliphatic rings. The third-order valence-electron chi connectivity index (χ3n) is 14.3. The fraction of sp³-hybridized carbons (Fsp3) is 0.649. The summed E-state index contributed by atoms with van der Waals surface area (Å²) in [4.78, 5) is 38.4. The first-order valence-electron chi connectivity index (χ1n) is 34.3. The van der Waals surface area contributed by atoms with Crippen LogP contribution in [0.2, 0.25) is 0 Å². The molecular weight excluding hydrogens is 1020 g/mol. The van der Waals surface area contributed by atoms with Crippen molar-refractivity contribution in [3.05, 3.63) is 146 Å². The number of rotatable bonds is 61. The molecule has 6 nitrogen and oxygen atoms in total. The fourth-order valence-corrected chi connectivity index (χ4v) is 9.28. The Bertz CT molecular complexity index is 1800. The Morgan fingerprint density at radius 3 is 0.855 bits per heavy atom. The highest BCUT2D eigenvalue weighted by molar-refractivity contribution is 5.72. The number of carbonyl (C=O) groups is 3. The summed E-state index contributed by atoms with van der Waals surface area (Å²) in [6, 6.07) is 0. The van der Waals surface area contributed by atoms with Gasteiger partial charge in [0.25, 0.3) is 0 Å². The van der Waals surface area contributed by atoms with Crippen LogP contribution in [-0.2, 0) is 28.6 Å². The van der Waals surface area contributed by atoms with Crippen molar-refractivity contribution in [2.24, 2.45) is 0 Å². The van der Waals surface area contributed by atoms with E-state index in [1.807, 2.05) is 6.08 Å². The van der Waals surface area contributed by atoms with E-state index in [1.54, 1.807) is 6.08 Å². The zero-order valence-corrected chi connectivity index (χ0v) is 53.9. The van der Waals surface area contributed by atoms with Crippen LogP contribution in [0.1, 0.15) is 303 Å². The van der Waals surface area contributed by atoms with Crippen LogP contribution in [0.4, 0.5) is 0 Å². The van der Waals surface area contributed by atoms with Gasteiger partial charge in [0.15, 0.2) is 6.10 Å². The molecule has 0 heterocycles. The summed E-state index contributed by atoms with van der Waals surface area (Å²) in [5.41, 5.74) is 0. The van der Waals surface area contributed by atoms with Gasteiger partial charge < -0.3 is 14.2 Å². The predicted molar refractivity (Wildman–Crippen MR) is 362 cm³/mol. The van der Waals surface area contributed by atoms with Crippen LogP contribution >= 0.6 is 0 Å². The highest BCUT2D eigenvalue weighted by atomic mass is 16.6. The average Bonchev–Trinajstić information content (AvgIpc) is 3.49. The molecule has 6 heteroatoms. The number of hydrogen-bond donors (Lipinski definition) is 0. The molecule has 0 aliphatic carbocycles. The largest absolute Gasteiger partial charge is 0.462 e. The zero-order chi connectivity index (χ0) is 59.9. The van der Waals surface area contributed by atoms with E-state index in [-0.39, 0.29) is 31.6 Å². The average molecular weight is 1150 g/mol. The number of esters is 3. The van der Waals surface area contributed by atoms with Crippen molar-refractivity contribution in [1.29, 1.82) is 0 Å². The van der Waals surface area contributed by atoms with Crippen molar-refractivity contribution < 1.29 is 28.6 Å². The van der Waals surface area contributed by atoms with Gasteiger partial charge in [0.1, 0.15) is 13.2 Å². The van der Waals surface area contributed by atoms with E-state index in [1.165, 1.54) is 141 Å². The molecule has 0 radical (unpaired) electrons. The van der Waals surface area contributed by atoms with Crippen LogP contribution in [0.25, 0.3) is 0 Å². The Labute approximate surface area is 512 Å². The summed E-state index contributed by atoms with van der Waals surface area (Å²) >= 11 is 0. The molecule has 83 heavy (non-hydrogen) atoms. The summed E-state index contributed by atoms with van der Waals surface area (Å²) in [7, 11) is 0. The molecule has 0 saturated heterocycles. The van der Waals surface area contributed by atoms with Crippen molar-refractivity contribution in [3.63, 3.8) is 0 Å². The first kappa shape index (κ1) is 78.3. The predicted octanol–water partition coefficient (Wildman–Crippen LogP) is 23.9. The summed E-state index contributed by atoms with van der Waals surface area (Å²) < 4.78 is 16.8. The van der Waals surface area contributed by atoms with Gasteiger partial charge in [0.2, 0.25) is 0 Å². The number of hydrogen-bond acceptors (Lipinski definition) is 6. The lowest BCUT2D eigenvalue weighted by Gasteiger charge is -2.18. The maximum atomic E-state index is 13.0. The summed E-state index contributed by atoms with van der Waals surface area (Å²) in [5.74, 6) is -1.06. The Balaban J connectivity index is 4.44. The molecule has 0 bridgehead atoms. The molecule has 0 rings (SSSR count). The molecule has 470 valence electrons. The lowest BCUT2D eigenvalue weighted by Crippen LogP contribution is -2.30. The van der Waals surface area contributed by atoms with Crippen LogP contribution in [0.15, 0.2) is 146 Å². The van der Waals surface area contributed by atoms with Crippen molar-refractivity contribution in [1.82, 2.24) is 0 Å². The molecule has 0 saturated carbocycles. The minimum Gasteiger partial charge on any atom is -0.462 e. The second kappa shape index (κ2) is 69.8. The van der Waals surface area contributed by atoms with Crippen LogP contribution < -0.4 is 0 Å². The molecule has 0 aromatic heterocycles. The van der Waals surface area contributed by atoms with Gasteiger partial charge in [-0.05, 0) is 122 Å². The van der Waals surface area contributed by atoms with Crippen molar-refractivity contribution in [2.45, 2.75) is 309 Å². The summed E-state index contributed by atoms with van der Waals surface area (Å²) in [6.45, 7) is 6.33. The molecule has 0 aromatic carbocycles. The van der Waals surface area contributed by atoms with E-state index in [9.17, 15) is 14.4 Å². The van der Waals surface area contributed by atoms with Gasteiger partial charge in [-0.15, -0.1) is 0 Å². The van der Waals surface area contributed by atoms with Gasteiger partial charge in [-0.25, -0.2) is 0 Å². The monoisotopic (exact) mass is 1150 g/mol. The Hall–Kier alpha value is -4.71. The van der Waals surface area contributed by atoms with E-state index in [4.69, 9.17) is 14.2 Å². The van der Waals surface area contributed by atoms with Gasteiger partial charge in [-0.1, -0.05) is 308 Å². The number of allylic oxidation sites excluding steroid dienone is 23. The lowest BCUT2D eigenvalue weighted by molar-refractivity contribution is -0.166. The van der Waals surface area contributed by atoms with E-state index >= 15 is 0 Å². The summed E-state index contributed by atoms with van der Waals surface area (Å²) in [5, 5.41) is 0.